The van der Waals surface area contributed by atoms with Gasteiger partial charge in [-0.1, -0.05) is 36.4 Å². The van der Waals surface area contributed by atoms with Gasteiger partial charge in [0.1, 0.15) is 6.04 Å². The Hall–Kier alpha value is -2.31. The van der Waals surface area contributed by atoms with Crippen molar-refractivity contribution in [2.75, 3.05) is 0 Å². The summed E-state index contributed by atoms with van der Waals surface area (Å²) < 4.78 is 0. The van der Waals surface area contributed by atoms with Gasteiger partial charge < -0.3 is 15.9 Å². The molecule has 0 radical (unpaired) electrons. The van der Waals surface area contributed by atoms with Gasteiger partial charge in [0.2, 0.25) is 0 Å². The van der Waals surface area contributed by atoms with Crippen molar-refractivity contribution in [2.24, 2.45) is 5.73 Å². The molecule has 6 heteroatoms. The van der Waals surface area contributed by atoms with Crippen LogP contribution in [-0.4, -0.2) is 22.2 Å². The first-order valence-corrected chi connectivity index (χ1v) is 7.50. The maximum atomic E-state index is 11.1. The lowest BCUT2D eigenvalue weighted by atomic mass is 10.1. The Bertz CT molecular complexity index is 688. The molecule has 2 aromatic carbocycles. The molecule has 0 aliphatic heterocycles. The average Bonchev–Trinajstić information content (AvgIpc) is 2.52. The van der Waals surface area contributed by atoms with Crippen molar-refractivity contribution in [1.82, 2.24) is 0 Å². The van der Waals surface area contributed by atoms with E-state index in [0.717, 1.165) is 5.56 Å². The van der Waals surface area contributed by atoms with Gasteiger partial charge in [0.15, 0.2) is 0 Å². The Morgan fingerprint density at radius 2 is 1.77 bits per heavy atom. The zero-order chi connectivity index (χ0) is 16.1. The van der Waals surface area contributed by atoms with Crippen LogP contribution in [0.2, 0.25) is 0 Å². The summed E-state index contributed by atoms with van der Waals surface area (Å²) in [6.07, 6.45) is 0. The van der Waals surface area contributed by atoms with Crippen molar-refractivity contribution in [3.05, 3.63) is 65.2 Å². The summed E-state index contributed by atoms with van der Waals surface area (Å²) in [7, 11) is 0. The van der Waals surface area contributed by atoms with E-state index in [-0.39, 0.29) is 5.56 Å². The van der Waals surface area contributed by atoms with Crippen LogP contribution < -0.4 is 5.73 Å². The van der Waals surface area contributed by atoms with Crippen LogP contribution in [0.4, 0.5) is 0 Å². The Balaban J connectivity index is 2.30. The first-order chi connectivity index (χ1) is 10.5. The summed E-state index contributed by atoms with van der Waals surface area (Å²) >= 11 is 1.37. The number of carboxylic acid groups (broad SMARTS) is 2. The molecular weight excluding hydrogens is 302 g/mol. The molecule has 0 aliphatic carbocycles. The van der Waals surface area contributed by atoms with E-state index in [2.05, 4.69) is 0 Å². The lowest BCUT2D eigenvalue weighted by Gasteiger charge is -2.13. The van der Waals surface area contributed by atoms with Crippen LogP contribution in [0.1, 0.15) is 27.5 Å². The van der Waals surface area contributed by atoms with E-state index in [1.165, 1.54) is 30.0 Å². The maximum Gasteiger partial charge on any atom is 0.335 e. The third-order valence-corrected chi connectivity index (χ3v) is 4.24. The second-order valence-corrected chi connectivity index (χ2v) is 5.67. The molecule has 1 unspecified atom stereocenters. The molecule has 0 amide bonds. The number of hydrogen-bond acceptors (Lipinski definition) is 4. The number of aliphatic carboxylic acids is 1. The second kappa shape index (κ2) is 7.11. The molecule has 0 saturated carbocycles. The van der Waals surface area contributed by atoms with E-state index in [0.29, 0.717) is 16.2 Å². The van der Waals surface area contributed by atoms with Gasteiger partial charge in [0.25, 0.3) is 0 Å². The van der Waals surface area contributed by atoms with Crippen LogP contribution in [0.25, 0.3) is 0 Å². The maximum absolute atomic E-state index is 11.1. The summed E-state index contributed by atoms with van der Waals surface area (Å²) in [5.74, 6) is -1.61. The summed E-state index contributed by atoms with van der Waals surface area (Å²) in [5, 5.41) is 18.1. The van der Waals surface area contributed by atoms with Crippen LogP contribution in [0.5, 0.6) is 0 Å². The van der Waals surface area contributed by atoms with E-state index < -0.39 is 18.0 Å². The molecule has 22 heavy (non-hydrogen) atoms. The van der Waals surface area contributed by atoms with Gasteiger partial charge in [-0.3, -0.25) is 4.79 Å². The van der Waals surface area contributed by atoms with Crippen molar-refractivity contribution in [3.8, 4) is 0 Å². The smallest absolute Gasteiger partial charge is 0.335 e. The molecular formula is C16H15NO4S. The highest BCUT2D eigenvalue weighted by Crippen LogP contribution is 2.30. The van der Waals surface area contributed by atoms with Gasteiger partial charge in [-0.25, -0.2) is 4.79 Å². The lowest BCUT2D eigenvalue weighted by molar-refractivity contribution is -0.138. The van der Waals surface area contributed by atoms with Gasteiger partial charge in [0, 0.05) is 10.6 Å². The Kier molecular flexibility index (Phi) is 5.19. The minimum absolute atomic E-state index is 0.108. The summed E-state index contributed by atoms with van der Waals surface area (Å²) in [6, 6.07) is 12.7. The minimum atomic E-state index is -1.18. The molecule has 0 heterocycles. The summed E-state index contributed by atoms with van der Waals surface area (Å²) in [6.45, 7) is 0. The normalized spacial score (nSPS) is 11.9. The Morgan fingerprint density at radius 1 is 1.09 bits per heavy atom. The van der Waals surface area contributed by atoms with Gasteiger partial charge in [-0.15, -0.1) is 11.8 Å². The molecule has 0 bridgehead atoms. The van der Waals surface area contributed by atoms with Crippen LogP contribution in [-0.2, 0) is 10.5 Å². The lowest BCUT2D eigenvalue weighted by Crippen LogP contribution is -2.21. The number of rotatable bonds is 6. The monoisotopic (exact) mass is 317 g/mol. The van der Waals surface area contributed by atoms with E-state index in [1.54, 1.807) is 0 Å². The number of aromatic carboxylic acids is 1. The quantitative estimate of drug-likeness (QED) is 0.708. The first kappa shape index (κ1) is 16.1. The van der Waals surface area contributed by atoms with E-state index >= 15 is 0 Å². The molecule has 2 aromatic rings. The van der Waals surface area contributed by atoms with Crippen LogP contribution in [0, 0.1) is 0 Å². The third kappa shape index (κ3) is 3.87. The third-order valence-electron chi connectivity index (χ3n) is 3.10. The van der Waals surface area contributed by atoms with E-state index in [4.69, 9.17) is 15.9 Å². The van der Waals surface area contributed by atoms with Gasteiger partial charge in [0.05, 0.1) is 5.56 Å². The average molecular weight is 317 g/mol. The second-order valence-electron chi connectivity index (χ2n) is 4.65. The summed E-state index contributed by atoms with van der Waals surface area (Å²) in [4.78, 5) is 22.7. The zero-order valence-corrected chi connectivity index (χ0v) is 12.4. The minimum Gasteiger partial charge on any atom is -0.480 e. The highest BCUT2D eigenvalue weighted by molar-refractivity contribution is 7.98. The molecule has 114 valence electrons. The summed E-state index contributed by atoms with van der Waals surface area (Å²) in [5.41, 5.74) is 7.26. The van der Waals surface area contributed by atoms with Gasteiger partial charge >= 0.3 is 11.9 Å². The first-order valence-electron chi connectivity index (χ1n) is 6.51. The largest absolute Gasteiger partial charge is 0.480 e. The molecule has 1 atom stereocenters. The van der Waals surface area contributed by atoms with E-state index in [9.17, 15) is 9.59 Å². The molecule has 2 rings (SSSR count). The fourth-order valence-corrected chi connectivity index (χ4v) is 3.00. The van der Waals surface area contributed by atoms with Crippen LogP contribution >= 0.6 is 11.8 Å². The topological polar surface area (TPSA) is 101 Å². The SMILES string of the molecule is NC(C(=O)O)c1ccc(C(=O)O)cc1SCc1ccccc1. The van der Waals surface area contributed by atoms with Crippen molar-refractivity contribution in [1.29, 1.82) is 0 Å². The molecule has 0 spiro atoms. The number of thioether (sulfide) groups is 1. The molecule has 0 fully saturated rings. The Labute approximate surface area is 131 Å². The number of hydrogen-bond donors (Lipinski definition) is 3. The Morgan fingerprint density at radius 3 is 2.36 bits per heavy atom. The molecule has 5 nitrogen and oxygen atoms in total. The molecule has 0 aromatic heterocycles. The standard InChI is InChI=1S/C16H15NO4S/c17-14(16(20)21)12-7-6-11(15(18)19)8-13(12)22-9-10-4-2-1-3-5-10/h1-8,14H,9,17H2,(H,18,19)(H,20,21). The van der Waals surface area contributed by atoms with E-state index in [1.807, 2.05) is 30.3 Å². The van der Waals surface area contributed by atoms with Crippen LogP contribution in [0.15, 0.2) is 53.4 Å². The van der Waals surface area contributed by atoms with Gasteiger partial charge in [-0.2, -0.15) is 0 Å². The van der Waals surface area contributed by atoms with Crippen LogP contribution in [0.3, 0.4) is 0 Å². The van der Waals surface area contributed by atoms with Crippen molar-refractivity contribution >= 4 is 23.7 Å². The number of carboxylic acids is 2. The fourth-order valence-electron chi connectivity index (χ4n) is 1.92. The zero-order valence-electron chi connectivity index (χ0n) is 11.6. The predicted molar refractivity (Wildman–Crippen MR) is 84.0 cm³/mol. The number of benzene rings is 2. The van der Waals surface area contributed by atoms with Gasteiger partial charge in [-0.05, 0) is 23.3 Å². The highest BCUT2D eigenvalue weighted by atomic mass is 32.2. The number of nitrogens with two attached hydrogens (primary N) is 1. The predicted octanol–water partition coefficient (Wildman–Crippen LogP) is 2.76. The molecule has 4 N–H and O–H groups in total. The van der Waals surface area contributed by atoms with Crippen molar-refractivity contribution in [2.45, 2.75) is 16.7 Å². The highest BCUT2D eigenvalue weighted by Gasteiger charge is 2.19. The molecule has 0 saturated heterocycles. The van der Waals surface area contributed by atoms with Crippen molar-refractivity contribution in [3.63, 3.8) is 0 Å². The van der Waals surface area contributed by atoms with Crippen molar-refractivity contribution < 1.29 is 19.8 Å². The molecule has 0 aliphatic rings. The fraction of sp³-hybridized carbons (Fsp3) is 0.125. The number of carbonyl (C=O) groups is 2.